The van der Waals surface area contributed by atoms with Gasteiger partial charge in [0.1, 0.15) is 0 Å². The molecule has 3 nitrogen and oxygen atoms in total. The smallest absolute Gasteiger partial charge is 0.0726 e. The fraction of sp³-hybridized carbons (Fsp3) is 1.00. The first-order chi connectivity index (χ1) is 8.10. The predicted octanol–water partition coefficient (Wildman–Crippen LogP) is 2.07. The molecule has 0 bridgehead atoms. The van der Waals surface area contributed by atoms with Crippen molar-refractivity contribution in [3.8, 4) is 0 Å². The van der Waals surface area contributed by atoms with Crippen molar-refractivity contribution in [3.05, 3.63) is 0 Å². The summed E-state index contributed by atoms with van der Waals surface area (Å²) in [6, 6.07) is 0. The van der Waals surface area contributed by atoms with Crippen LogP contribution in [0.1, 0.15) is 52.9 Å². The van der Waals surface area contributed by atoms with Crippen LogP contribution in [0.5, 0.6) is 0 Å². The molecule has 3 atom stereocenters. The van der Waals surface area contributed by atoms with E-state index in [2.05, 4.69) is 31.4 Å². The van der Waals surface area contributed by atoms with Gasteiger partial charge in [-0.2, -0.15) is 0 Å². The lowest BCUT2D eigenvalue weighted by Crippen LogP contribution is -2.56. The Hall–Kier alpha value is -0.120. The first-order valence-corrected chi connectivity index (χ1v) is 7.22. The van der Waals surface area contributed by atoms with E-state index in [1.54, 1.807) is 0 Å². The fourth-order valence-electron chi connectivity index (χ4n) is 3.24. The predicted molar refractivity (Wildman–Crippen MR) is 71.3 cm³/mol. The SMILES string of the molecule is CCCC1(CNC2(C)CCOC2C)CCCN1. The van der Waals surface area contributed by atoms with E-state index in [-0.39, 0.29) is 5.54 Å². The van der Waals surface area contributed by atoms with E-state index < -0.39 is 0 Å². The second-order valence-corrected chi connectivity index (χ2v) is 6.09. The maximum absolute atomic E-state index is 5.69. The Kier molecular flexibility index (Phi) is 4.11. The molecule has 2 N–H and O–H groups in total. The molecule has 2 aliphatic rings. The topological polar surface area (TPSA) is 33.3 Å². The molecule has 2 heterocycles. The standard InChI is InChI=1S/C14H28N2O/c1-4-6-14(7-5-9-15-14)11-16-13(3)8-10-17-12(13)2/h12,15-16H,4-11H2,1-3H3. The largest absolute Gasteiger partial charge is 0.377 e. The van der Waals surface area contributed by atoms with Gasteiger partial charge in [-0.15, -0.1) is 0 Å². The van der Waals surface area contributed by atoms with Crippen LogP contribution < -0.4 is 10.6 Å². The first kappa shape index (κ1) is 13.3. The van der Waals surface area contributed by atoms with Gasteiger partial charge in [-0.05, 0) is 46.1 Å². The van der Waals surface area contributed by atoms with Crippen LogP contribution >= 0.6 is 0 Å². The Morgan fingerprint density at radius 3 is 2.76 bits per heavy atom. The number of rotatable bonds is 5. The molecule has 3 unspecified atom stereocenters. The zero-order valence-electron chi connectivity index (χ0n) is 11.6. The van der Waals surface area contributed by atoms with Gasteiger partial charge >= 0.3 is 0 Å². The summed E-state index contributed by atoms with van der Waals surface area (Å²) in [7, 11) is 0. The number of ether oxygens (including phenoxy) is 1. The molecule has 2 rings (SSSR count). The third kappa shape index (κ3) is 2.83. The van der Waals surface area contributed by atoms with Gasteiger partial charge in [0.25, 0.3) is 0 Å². The highest BCUT2D eigenvalue weighted by Gasteiger charge is 2.40. The quantitative estimate of drug-likeness (QED) is 0.772. The van der Waals surface area contributed by atoms with Crippen LogP contribution in [0.2, 0.25) is 0 Å². The Balaban J connectivity index is 1.91. The molecule has 0 aromatic rings. The van der Waals surface area contributed by atoms with Crippen molar-refractivity contribution in [2.24, 2.45) is 0 Å². The van der Waals surface area contributed by atoms with Crippen LogP contribution in [0.3, 0.4) is 0 Å². The molecule has 0 aromatic heterocycles. The van der Waals surface area contributed by atoms with E-state index in [4.69, 9.17) is 4.74 Å². The summed E-state index contributed by atoms with van der Waals surface area (Å²) >= 11 is 0. The zero-order chi connectivity index (χ0) is 12.4. The van der Waals surface area contributed by atoms with Crippen LogP contribution in [-0.2, 0) is 4.74 Å². The monoisotopic (exact) mass is 240 g/mol. The normalized spacial score (nSPS) is 42.2. The van der Waals surface area contributed by atoms with E-state index in [1.165, 1.54) is 32.2 Å². The lowest BCUT2D eigenvalue weighted by molar-refractivity contribution is 0.0852. The van der Waals surface area contributed by atoms with Crippen molar-refractivity contribution in [1.29, 1.82) is 0 Å². The molecule has 0 spiro atoms. The summed E-state index contributed by atoms with van der Waals surface area (Å²) in [4.78, 5) is 0. The highest BCUT2D eigenvalue weighted by Crippen LogP contribution is 2.28. The van der Waals surface area contributed by atoms with Gasteiger partial charge in [0.2, 0.25) is 0 Å². The molecule has 0 radical (unpaired) electrons. The van der Waals surface area contributed by atoms with Crippen LogP contribution in [0.4, 0.5) is 0 Å². The van der Waals surface area contributed by atoms with E-state index in [1.807, 2.05) is 0 Å². The van der Waals surface area contributed by atoms with E-state index in [9.17, 15) is 0 Å². The third-order valence-electron chi connectivity index (χ3n) is 4.78. The molecular formula is C14H28N2O. The molecule has 2 aliphatic heterocycles. The Labute approximate surface area is 106 Å². The second-order valence-electron chi connectivity index (χ2n) is 6.09. The molecule has 0 amide bonds. The van der Waals surface area contributed by atoms with Gasteiger partial charge in [0, 0.05) is 24.2 Å². The maximum atomic E-state index is 5.69. The van der Waals surface area contributed by atoms with Gasteiger partial charge in [-0.1, -0.05) is 13.3 Å². The van der Waals surface area contributed by atoms with Crippen LogP contribution in [0.25, 0.3) is 0 Å². The van der Waals surface area contributed by atoms with Gasteiger partial charge < -0.3 is 15.4 Å². The van der Waals surface area contributed by atoms with E-state index in [0.717, 1.165) is 19.6 Å². The van der Waals surface area contributed by atoms with Gasteiger partial charge in [0.15, 0.2) is 0 Å². The number of hydrogen-bond donors (Lipinski definition) is 2. The highest BCUT2D eigenvalue weighted by molar-refractivity contribution is 5.00. The lowest BCUT2D eigenvalue weighted by atomic mass is 9.88. The first-order valence-electron chi connectivity index (χ1n) is 7.22. The minimum absolute atomic E-state index is 0.172. The Bertz CT molecular complexity index is 251. The summed E-state index contributed by atoms with van der Waals surface area (Å²) in [6.07, 6.45) is 6.66. The van der Waals surface area contributed by atoms with Crippen molar-refractivity contribution in [2.45, 2.75) is 70.1 Å². The van der Waals surface area contributed by atoms with E-state index in [0.29, 0.717) is 11.6 Å². The van der Waals surface area contributed by atoms with Gasteiger partial charge in [0.05, 0.1) is 6.10 Å². The molecule has 0 aromatic carbocycles. The van der Waals surface area contributed by atoms with Crippen LogP contribution in [0.15, 0.2) is 0 Å². The second kappa shape index (κ2) is 5.25. The molecule has 3 heteroatoms. The summed E-state index contributed by atoms with van der Waals surface area (Å²) in [6.45, 7) is 9.95. The fourth-order valence-corrected chi connectivity index (χ4v) is 3.24. The van der Waals surface area contributed by atoms with Crippen molar-refractivity contribution in [2.75, 3.05) is 19.7 Å². The third-order valence-corrected chi connectivity index (χ3v) is 4.78. The zero-order valence-corrected chi connectivity index (χ0v) is 11.6. The summed E-state index contributed by atoms with van der Waals surface area (Å²) < 4.78 is 5.69. The minimum atomic E-state index is 0.172. The molecule has 17 heavy (non-hydrogen) atoms. The van der Waals surface area contributed by atoms with Gasteiger partial charge in [-0.25, -0.2) is 0 Å². The van der Waals surface area contributed by atoms with Crippen LogP contribution in [0, 0.1) is 0 Å². The molecule has 2 saturated heterocycles. The Morgan fingerprint density at radius 2 is 2.24 bits per heavy atom. The molecule has 0 saturated carbocycles. The average Bonchev–Trinajstić information content (AvgIpc) is 2.87. The lowest BCUT2D eigenvalue weighted by Gasteiger charge is -2.36. The number of nitrogens with one attached hydrogen (secondary N) is 2. The number of hydrogen-bond acceptors (Lipinski definition) is 3. The van der Waals surface area contributed by atoms with Gasteiger partial charge in [-0.3, -0.25) is 0 Å². The Morgan fingerprint density at radius 1 is 1.41 bits per heavy atom. The van der Waals surface area contributed by atoms with Crippen molar-refractivity contribution >= 4 is 0 Å². The van der Waals surface area contributed by atoms with Crippen molar-refractivity contribution in [1.82, 2.24) is 10.6 Å². The maximum Gasteiger partial charge on any atom is 0.0726 e. The summed E-state index contributed by atoms with van der Waals surface area (Å²) in [5.41, 5.74) is 0.519. The van der Waals surface area contributed by atoms with Crippen molar-refractivity contribution < 1.29 is 4.74 Å². The molecule has 0 aliphatic carbocycles. The van der Waals surface area contributed by atoms with Crippen molar-refractivity contribution in [3.63, 3.8) is 0 Å². The van der Waals surface area contributed by atoms with Crippen LogP contribution in [-0.4, -0.2) is 36.9 Å². The molecule has 2 fully saturated rings. The summed E-state index contributed by atoms with van der Waals surface area (Å²) in [5.74, 6) is 0. The average molecular weight is 240 g/mol. The van der Waals surface area contributed by atoms with E-state index >= 15 is 0 Å². The highest BCUT2D eigenvalue weighted by atomic mass is 16.5. The minimum Gasteiger partial charge on any atom is -0.377 e. The molecule has 100 valence electrons. The summed E-state index contributed by atoms with van der Waals surface area (Å²) in [5, 5.41) is 7.51. The molecular weight excluding hydrogens is 212 g/mol.